The van der Waals surface area contributed by atoms with Crippen LogP contribution in [0.2, 0.25) is 5.02 Å². The van der Waals surface area contributed by atoms with Gasteiger partial charge in [0.05, 0.1) is 0 Å². The first-order valence-electron chi connectivity index (χ1n) is 9.70. The normalized spacial score (nSPS) is 24.0. The van der Waals surface area contributed by atoms with Gasteiger partial charge in [-0.25, -0.2) is 4.79 Å². The molecule has 0 spiro atoms. The van der Waals surface area contributed by atoms with E-state index < -0.39 is 11.6 Å². The van der Waals surface area contributed by atoms with Gasteiger partial charge < -0.3 is 10.2 Å². The molecule has 152 valence electrons. The maximum absolute atomic E-state index is 12.5. The van der Waals surface area contributed by atoms with Crippen molar-refractivity contribution in [2.75, 3.05) is 26.2 Å². The number of carbonyl (C=O) groups is 3. The molecule has 0 aromatic heterocycles. The Morgan fingerprint density at radius 3 is 2.50 bits per heavy atom. The van der Waals surface area contributed by atoms with Crippen molar-refractivity contribution < 1.29 is 14.4 Å². The van der Waals surface area contributed by atoms with Crippen LogP contribution in [0.5, 0.6) is 0 Å². The number of nitrogens with one attached hydrogen (secondary N) is 2. The standard InChI is InChI=1S/C20H27ClN4O3/c1-14(15-6-3-4-7-16(15)21)24-10-12-25(13-11-24)17(26)8-5-9-20(2)18(27)22-19(28)23-20/h3-4,6-7,14H,5,8-13H2,1-2H3,(H2,22,23,27,28). The van der Waals surface area contributed by atoms with E-state index in [9.17, 15) is 14.4 Å². The van der Waals surface area contributed by atoms with Crippen molar-refractivity contribution in [3.63, 3.8) is 0 Å². The van der Waals surface area contributed by atoms with Crippen LogP contribution in [0.15, 0.2) is 24.3 Å². The number of rotatable bonds is 6. The quantitative estimate of drug-likeness (QED) is 0.710. The van der Waals surface area contributed by atoms with Crippen LogP contribution in [0.4, 0.5) is 4.79 Å². The zero-order chi connectivity index (χ0) is 20.3. The third kappa shape index (κ3) is 4.47. The molecular weight excluding hydrogens is 380 g/mol. The van der Waals surface area contributed by atoms with Crippen molar-refractivity contribution in [2.45, 2.75) is 44.7 Å². The summed E-state index contributed by atoms with van der Waals surface area (Å²) in [7, 11) is 0. The zero-order valence-corrected chi connectivity index (χ0v) is 17.1. The summed E-state index contributed by atoms with van der Waals surface area (Å²) in [5.41, 5.74) is 0.189. The zero-order valence-electron chi connectivity index (χ0n) is 16.3. The minimum absolute atomic E-state index is 0.0957. The molecule has 3 rings (SSSR count). The first-order chi connectivity index (χ1) is 13.3. The second kappa shape index (κ2) is 8.49. The number of piperazine rings is 1. The molecule has 1 aromatic rings. The molecular formula is C20H27ClN4O3. The molecule has 2 saturated heterocycles. The van der Waals surface area contributed by atoms with Gasteiger partial charge in [0.15, 0.2) is 0 Å². The fourth-order valence-corrected chi connectivity index (χ4v) is 4.17. The molecule has 2 heterocycles. The summed E-state index contributed by atoms with van der Waals surface area (Å²) < 4.78 is 0. The highest BCUT2D eigenvalue weighted by atomic mass is 35.5. The van der Waals surface area contributed by atoms with Crippen LogP contribution in [0.1, 0.15) is 44.7 Å². The van der Waals surface area contributed by atoms with Gasteiger partial charge in [-0.2, -0.15) is 0 Å². The minimum atomic E-state index is -0.916. The van der Waals surface area contributed by atoms with E-state index in [4.69, 9.17) is 11.6 Å². The van der Waals surface area contributed by atoms with Crippen LogP contribution in [0.3, 0.4) is 0 Å². The van der Waals surface area contributed by atoms with Crippen molar-refractivity contribution in [2.24, 2.45) is 0 Å². The van der Waals surface area contributed by atoms with Crippen LogP contribution < -0.4 is 10.6 Å². The summed E-state index contributed by atoms with van der Waals surface area (Å²) in [5.74, 6) is -0.231. The van der Waals surface area contributed by atoms with Crippen molar-refractivity contribution in [1.29, 1.82) is 0 Å². The van der Waals surface area contributed by atoms with Gasteiger partial charge in [0.25, 0.3) is 5.91 Å². The Labute approximate surface area is 170 Å². The number of hydrogen-bond acceptors (Lipinski definition) is 4. The number of nitrogens with zero attached hydrogens (tertiary/aromatic N) is 2. The van der Waals surface area contributed by atoms with Crippen LogP contribution in [-0.2, 0) is 9.59 Å². The highest BCUT2D eigenvalue weighted by Crippen LogP contribution is 2.28. The van der Waals surface area contributed by atoms with Gasteiger partial charge in [-0.05, 0) is 38.3 Å². The van der Waals surface area contributed by atoms with Crippen LogP contribution >= 0.6 is 11.6 Å². The lowest BCUT2D eigenvalue weighted by molar-refractivity contribution is -0.133. The van der Waals surface area contributed by atoms with Crippen LogP contribution in [0, 0.1) is 0 Å². The molecule has 2 aliphatic rings. The molecule has 2 fully saturated rings. The SMILES string of the molecule is CC(c1ccccc1Cl)N1CCN(C(=O)CCCC2(C)NC(=O)NC2=O)CC1. The summed E-state index contributed by atoms with van der Waals surface area (Å²) in [6.45, 7) is 6.79. The van der Waals surface area contributed by atoms with Crippen LogP contribution in [0.25, 0.3) is 0 Å². The maximum atomic E-state index is 12.5. The van der Waals surface area contributed by atoms with E-state index >= 15 is 0 Å². The maximum Gasteiger partial charge on any atom is 0.322 e. The molecule has 2 N–H and O–H groups in total. The van der Waals surface area contributed by atoms with Gasteiger partial charge in [-0.1, -0.05) is 29.8 Å². The molecule has 4 amide bonds. The van der Waals surface area contributed by atoms with Crippen molar-refractivity contribution in [3.05, 3.63) is 34.9 Å². The number of halogens is 1. The van der Waals surface area contributed by atoms with Gasteiger partial charge >= 0.3 is 6.03 Å². The average molecular weight is 407 g/mol. The molecule has 0 radical (unpaired) electrons. The number of imide groups is 1. The Bertz CT molecular complexity index is 764. The minimum Gasteiger partial charge on any atom is -0.340 e. The molecule has 2 atom stereocenters. The molecule has 28 heavy (non-hydrogen) atoms. The second-order valence-electron chi connectivity index (χ2n) is 7.71. The van der Waals surface area contributed by atoms with Gasteiger partial charge in [0, 0.05) is 43.7 Å². The van der Waals surface area contributed by atoms with E-state index in [-0.39, 0.29) is 17.9 Å². The summed E-state index contributed by atoms with van der Waals surface area (Å²) in [4.78, 5) is 39.9. The monoisotopic (exact) mass is 406 g/mol. The van der Waals surface area contributed by atoms with Gasteiger partial charge in [0.1, 0.15) is 5.54 Å². The largest absolute Gasteiger partial charge is 0.340 e. The molecule has 1 aromatic carbocycles. The lowest BCUT2D eigenvalue weighted by Crippen LogP contribution is -2.49. The second-order valence-corrected chi connectivity index (χ2v) is 8.12. The highest BCUT2D eigenvalue weighted by Gasteiger charge is 2.41. The van der Waals surface area contributed by atoms with E-state index in [1.165, 1.54) is 0 Å². The number of urea groups is 1. The van der Waals surface area contributed by atoms with Gasteiger partial charge in [-0.3, -0.25) is 19.8 Å². The third-order valence-electron chi connectivity index (χ3n) is 5.76. The molecule has 7 nitrogen and oxygen atoms in total. The fourth-order valence-electron chi connectivity index (χ4n) is 3.88. The molecule has 0 aliphatic carbocycles. The Kier molecular flexibility index (Phi) is 6.25. The highest BCUT2D eigenvalue weighted by molar-refractivity contribution is 6.31. The summed E-state index contributed by atoms with van der Waals surface area (Å²) in [6, 6.07) is 7.60. The summed E-state index contributed by atoms with van der Waals surface area (Å²) in [5, 5.41) is 5.64. The first-order valence-corrected chi connectivity index (χ1v) is 10.1. The van der Waals surface area contributed by atoms with Crippen molar-refractivity contribution >= 4 is 29.4 Å². The lowest BCUT2D eigenvalue weighted by atomic mass is 9.95. The number of carbonyl (C=O) groups excluding carboxylic acids is 3. The van der Waals surface area contributed by atoms with E-state index in [0.29, 0.717) is 32.4 Å². The Morgan fingerprint density at radius 1 is 1.21 bits per heavy atom. The van der Waals surface area contributed by atoms with Gasteiger partial charge in [0.2, 0.25) is 5.91 Å². The fraction of sp³-hybridized carbons (Fsp3) is 0.550. The Balaban J connectivity index is 1.44. The number of hydrogen-bond donors (Lipinski definition) is 2. The van der Waals surface area contributed by atoms with Crippen LogP contribution in [-0.4, -0.2) is 59.4 Å². The molecule has 8 heteroatoms. The van der Waals surface area contributed by atoms with Gasteiger partial charge in [-0.15, -0.1) is 0 Å². The predicted octanol–water partition coefficient (Wildman–Crippen LogP) is 2.31. The molecule has 0 bridgehead atoms. The van der Waals surface area contributed by atoms with E-state index in [2.05, 4.69) is 22.5 Å². The third-order valence-corrected chi connectivity index (χ3v) is 6.10. The summed E-state index contributed by atoms with van der Waals surface area (Å²) >= 11 is 6.31. The van der Waals surface area contributed by atoms with Crippen molar-refractivity contribution in [1.82, 2.24) is 20.4 Å². The first kappa shape index (κ1) is 20.6. The lowest BCUT2D eigenvalue weighted by Gasteiger charge is -2.38. The summed E-state index contributed by atoms with van der Waals surface area (Å²) in [6.07, 6.45) is 1.37. The predicted molar refractivity (Wildman–Crippen MR) is 107 cm³/mol. The average Bonchev–Trinajstić information content (AvgIpc) is 2.93. The Morgan fingerprint density at radius 2 is 1.89 bits per heavy atom. The molecule has 2 aliphatic heterocycles. The van der Waals surface area contributed by atoms with Crippen molar-refractivity contribution in [3.8, 4) is 0 Å². The number of benzene rings is 1. The van der Waals surface area contributed by atoms with E-state index in [0.717, 1.165) is 23.7 Å². The topological polar surface area (TPSA) is 81.8 Å². The molecule has 2 unspecified atom stereocenters. The van der Waals surface area contributed by atoms with E-state index in [1.54, 1.807) is 6.92 Å². The number of amides is 4. The van der Waals surface area contributed by atoms with E-state index in [1.807, 2.05) is 29.2 Å². The Hall–Kier alpha value is -2.12. The smallest absolute Gasteiger partial charge is 0.322 e. The molecule has 0 saturated carbocycles.